The molecule has 0 saturated heterocycles. The van der Waals surface area contributed by atoms with Gasteiger partial charge in [0.05, 0.1) is 18.4 Å². The van der Waals surface area contributed by atoms with Crippen molar-refractivity contribution >= 4 is 29.6 Å². The molecule has 0 aliphatic heterocycles. The highest BCUT2D eigenvalue weighted by Crippen LogP contribution is 2.31. The molecule has 3 rings (SSSR count). The second kappa shape index (κ2) is 13.8. The van der Waals surface area contributed by atoms with Gasteiger partial charge in [0.15, 0.2) is 18.1 Å². The number of carbonyl (C=O) groups is 3. The van der Waals surface area contributed by atoms with Crippen molar-refractivity contribution in [2.45, 2.75) is 26.6 Å². The van der Waals surface area contributed by atoms with E-state index in [0.29, 0.717) is 5.56 Å². The predicted octanol–water partition coefficient (Wildman–Crippen LogP) is 4.20. The van der Waals surface area contributed by atoms with Gasteiger partial charge in [0.1, 0.15) is 0 Å². The highest BCUT2D eigenvalue weighted by molar-refractivity contribution is 6.35. The van der Waals surface area contributed by atoms with E-state index in [-0.39, 0.29) is 30.3 Å². The molecular formula is C28H27F3N4O5. The summed E-state index contributed by atoms with van der Waals surface area (Å²) in [6, 6.07) is 16.3. The number of anilines is 1. The van der Waals surface area contributed by atoms with Crippen LogP contribution in [0.1, 0.15) is 29.2 Å². The molecule has 210 valence electrons. The van der Waals surface area contributed by atoms with Gasteiger partial charge in [0.25, 0.3) is 5.91 Å². The Morgan fingerprint density at radius 3 is 2.38 bits per heavy atom. The minimum absolute atomic E-state index is 0.0223. The Bertz CT molecular complexity index is 1380. The highest BCUT2D eigenvalue weighted by atomic mass is 19.4. The number of hydrogen-bond donors (Lipinski definition) is 3. The first-order valence-electron chi connectivity index (χ1n) is 12.1. The number of alkyl halides is 3. The number of hydrogen-bond acceptors (Lipinski definition) is 6. The fourth-order valence-electron chi connectivity index (χ4n) is 3.29. The zero-order valence-electron chi connectivity index (χ0n) is 21.7. The lowest BCUT2D eigenvalue weighted by Crippen LogP contribution is -2.37. The van der Waals surface area contributed by atoms with E-state index in [2.05, 4.69) is 21.2 Å². The van der Waals surface area contributed by atoms with E-state index in [1.807, 2.05) is 31.2 Å². The van der Waals surface area contributed by atoms with Crippen molar-refractivity contribution in [3.63, 3.8) is 0 Å². The summed E-state index contributed by atoms with van der Waals surface area (Å²) >= 11 is 0. The first-order valence-corrected chi connectivity index (χ1v) is 12.1. The fourth-order valence-corrected chi connectivity index (χ4v) is 3.29. The summed E-state index contributed by atoms with van der Waals surface area (Å²) in [7, 11) is 0. The molecular weight excluding hydrogens is 529 g/mol. The zero-order chi connectivity index (χ0) is 29.1. The summed E-state index contributed by atoms with van der Waals surface area (Å²) in [4.78, 5) is 36.2. The van der Waals surface area contributed by atoms with Gasteiger partial charge in [0, 0.05) is 12.2 Å². The minimum Gasteiger partial charge on any atom is -0.490 e. The summed E-state index contributed by atoms with van der Waals surface area (Å²) in [6.07, 6.45) is -3.25. The van der Waals surface area contributed by atoms with Gasteiger partial charge in [-0.25, -0.2) is 5.43 Å². The van der Waals surface area contributed by atoms with E-state index in [9.17, 15) is 27.6 Å². The maximum Gasteiger partial charge on any atom is 0.416 e. The second-order valence-corrected chi connectivity index (χ2v) is 8.42. The lowest BCUT2D eigenvalue weighted by molar-refractivity contribution is -0.139. The van der Waals surface area contributed by atoms with Gasteiger partial charge in [0.2, 0.25) is 0 Å². The lowest BCUT2D eigenvalue weighted by atomic mass is 10.1. The minimum atomic E-state index is -4.54. The fraction of sp³-hybridized carbons (Fsp3) is 0.214. The van der Waals surface area contributed by atoms with E-state index in [1.54, 1.807) is 13.0 Å². The molecule has 0 unspecified atom stereocenters. The van der Waals surface area contributed by atoms with Gasteiger partial charge in [-0.05, 0) is 61.4 Å². The summed E-state index contributed by atoms with van der Waals surface area (Å²) in [5, 5.41) is 8.64. The van der Waals surface area contributed by atoms with Gasteiger partial charge in [-0.15, -0.1) is 0 Å². The summed E-state index contributed by atoms with van der Waals surface area (Å²) < 4.78 is 49.7. The largest absolute Gasteiger partial charge is 0.490 e. The molecule has 3 N–H and O–H groups in total. The van der Waals surface area contributed by atoms with Crippen LogP contribution in [0, 0.1) is 6.92 Å². The van der Waals surface area contributed by atoms with Crippen molar-refractivity contribution < 1.29 is 37.0 Å². The third-order valence-corrected chi connectivity index (χ3v) is 5.26. The van der Waals surface area contributed by atoms with Gasteiger partial charge in [-0.2, -0.15) is 18.3 Å². The number of hydrazone groups is 1. The number of amides is 3. The van der Waals surface area contributed by atoms with E-state index in [0.717, 1.165) is 23.3 Å². The van der Waals surface area contributed by atoms with Crippen LogP contribution in [0.2, 0.25) is 0 Å². The Labute approximate surface area is 228 Å². The molecule has 12 heteroatoms. The summed E-state index contributed by atoms with van der Waals surface area (Å²) in [6.45, 7) is 3.65. The predicted molar refractivity (Wildman–Crippen MR) is 142 cm³/mol. The van der Waals surface area contributed by atoms with Crippen molar-refractivity contribution in [2.75, 3.05) is 18.5 Å². The number of nitrogens with one attached hydrogen (secondary N) is 3. The topological polar surface area (TPSA) is 118 Å². The first kappa shape index (κ1) is 29.7. The standard InChI is InChI=1S/C28H27F3N4O5/c1-3-39-24-13-20(16-33-35-27(38)26(37)32-15-19-9-7-18(2)8-10-19)11-12-23(24)40-17-25(36)34-22-6-4-5-21(14-22)28(29,30)31/h4-14,16H,3,15,17H2,1-2H3,(H,32,37)(H,34,36)(H,35,38)/b33-16-. The third-order valence-electron chi connectivity index (χ3n) is 5.26. The van der Waals surface area contributed by atoms with E-state index in [1.165, 1.54) is 30.5 Å². The zero-order valence-corrected chi connectivity index (χ0v) is 21.7. The molecule has 3 amide bonds. The molecule has 0 fully saturated rings. The van der Waals surface area contributed by atoms with Crippen molar-refractivity contribution in [3.8, 4) is 11.5 Å². The van der Waals surface area contributed by atoms with Crippen LogP contribution < -0.4 is 25.5 Å². The number of benzene rings is 3. The normalized spacial score (nSPS) is 11.1. The van der Waals surface area contributed by atoms with Crippen LogP contribution in [-0.4, -0.2) is 37.1 Å². The van der Waals surface area contributed by atoms with E-state index < -0.39 is 36.1 Å². The highest BCUT2D eigenvalue weighted by Gasteiger charge is 2.30. The van der Waals surface area contributed by atoms with Gasteiger partial charge in [-0.1, -0.05) is 35.9 Å². The number of halogens is 3. The number of ether oxygens (including phenoxy) is 2. The number of aryl methyl sites for hydroxylation is 1. The van der Waals surface area contributed by atoms with Gasteiger partial charge >= 0.3 is 18.0 Å². The Balaban J connectivity index is 1.53. The molecule has 3 aromatic carbocycles. The van der Waals surface area contributed by atoms with Crippen LogP contribution in [0.3, 0.4) is 0 Å². The van der Waals surface area contributed by atoms with E-state index >= 15 is 0 Å². The Morgan fingerprint density at radius 2 is 1.68 bits per heavy atom. The molecule has 0 bridgehead atoms. The van der Waals surface area contributed by atoms with Crippen molar-refractivity contribution in [1.82, 2.24) is 10.7 Å². The summed E-state index contributed by atoms with van der Waals surface area (Å²) in [5.41, 5.74) is 3.64. The quantitative estimate of drug-likeness (QED) is 0.197. The summed E-state index contributed by atoms with van der Waals surface area (Å²) in [5.74, 6) is -1.99. The monoisotopic (exact) mass is 556 g/mol. The van der Waals surface area contributed by atoms with Crippen molar-refractivity contribution in [2.24, 2.45) is 5.10 Å². The van der Waals surface area contributed by atoms with Crippen LogP contribution in [0.25, 0.3) is 0 Å². The smallest absolute Gasteiger partial charge is 0.416 e. The van der Waals surface area contributed by atoms with E-state index in [4.69, 9.17) is 9.47 Å². The number of carbonyl (C=O) groups excluding carboxylic acids is 3. The lowest BCUT2D eigenvalue weighted by Gasteiger charge is -2.13. The molecule has 0 aliphatic carbocycles. The van der Waals surface area contributed by atoms with Crippen LogP contribution in [-0.2, 0) is 27.1 Å². The molecule has 0 atom stereocenters. The maximum absolute atomic E-state index is 12.9. The first-order chi connectivity index (χ1) is 19.0. The van der Waals surface area contributed by atoms with Gasteiger partial charge < -0.3 is 20.1 Å². The van der Waals surface area contributed by atoms with Crippen LogP contribution in [0.15, 0.2) is 71.8 Å². The molecule has 9 nitrogen and oxygen atoms in total. The maximum atomic E-state index is 12.9. The molecule has 40 heavy (non-hydrogen) atoms. The molecule has 0 saturated carbocycles. The molecule has 3 aromatic rings. The van der Waals surface area contributed by atoms with Crippen LogP contribution in [0.4, 0.5) is 18.9 Å². The van der Waals surface area contributed by atoms with Gasteiger partial charge in [-0.3, -0.25) is 14.4 Å². The van der Waals surface area contributed by atoms with Crippen LogP contribution >= 0.6 is 0 Å². The number of rotatable bonds is 10. The Hall–Kier alpha value is -4.87. The SMILES string of the molecule is CCOc1cc(/C=N\NC(=O)C(=O)NCc2ccc(C)cc2)ccc1OCC(=O)Nc1cccc(C(F)(F)F)c1. The van der Waals surface area contributed by atoms with Crippen molar-refractivity contribution in [3.05, 3.63) is 89.0 Å². The second-order valence-electron chi connectivity index (χ2n) is 8.42. The van der Waals surface area contributed by atoms with Crippen molar-refractivity contribution in [1.29, 1.82) is 0 Å². The molecule has 0 spiro atoms. The molecule has 0 heterocycles. The molecule has 0 aromatic heterocycles. The molecule has 0 radical (unpaired) electrons. The Morgan fingerprint density at radius 1 is 0.925 bits per heavy atom. The van der Waals surface area contributed by atoms with Crippen LogP contribution in [0.5, 0.6) is 11.5 Å². The third kappa shape index (κ3) is 9.15. The Kier molecular flexibility index (Phi) is 10.2. The average molecular weight is 557 g/mol. The number of nitrogens with zero attached hydrogens (tertiary/aromatic N) is 1. The molecule has 0 aliphatic rings. The average Bonchev–Trinajstić information content (AvgIpc) is 2.92.